The SMILES string of the molecule is CC1C(Cc2ccccc2)CCN1C(=O)[C@@H]1CCCN1. The van der Waals surface area contributed by atoms with Crippen molar-refractivity contribution in [3.8, 4) is 0 Å². The first-order chi connectivity index (χ1) is 9.75. The van der Waals surface area contributed by atoms with E-state index in [-0.39, 0.29) is 6.04 Å². The van der Waals surface area contributed by atoms with Crippen molar-refractivity contribution in [2.75, 3.05) is 13.1 Å². The van der Waals surface area contributed by atoms with Crippen molar-refractivity contribution in [3.05, 3.63) is 35.9 Å². The fraction of sp³-hybridized carbons (Fsp3) is 0.588. The molecule has 2 aliphatic rings. The minimum absolute atomic E-state index is 0.0768. The molecule has 1 N–H and O–H groups in total. The molecule has 1 aromatic carbocycles. The fourth-order valence-corrected chi connectivity index (χ4v) is 3.60. The third-order valence-corrected chi connectivity index (χ3v) is 4.90. The maximum Gasteiger partial charge on any atom is 0.239 e. The second-order valence-corrected chi connectivity index (χ2v) is 6.16. The zero-order valence-electron chi connectivity index (χ0n) is 12.2. The number of carbonyl (C=O) groups excluding carboxylic acids is 1. The van der Waals surface area contributed by atoms with Gasteiger partial charge in [-0.05, 0) is 50.6 Å². The Morgan fingerprint density at radius 1 is 1.30 bits per heavy atom. The molecular weight excluding hydrogens is 248 g/mol. The van der Waals surface area contributed by atoms with E-state index in [4.69, 9.17) is 0 Å². The van der Waals surface area contributed by atoms with Crippen LogP contribution in [-0.4, -0.2) is 36.0 Å². The van der Waals surface area contributed by atoms with Gasteiger partial charge in [0.25, 0.3) is 0 Å². The molecule has 0 bridgehead atoms. The summed E-state index contributed by atoms with van der Waals surface area (Å²) in [4.78, 5) is 14.6. The van der Waals surface area contributed by atoms with Crippen LogP contribution in [0.4, 0.5) is 0 Å². The number of amides is 1. The van der Waals surface area contributed by atoms with E-state index in [1.165, 1.54) is 5.56 Å². The van der Waals surface area contributed by atoms with Gasteiger partial charge in [-0.2, -0.15) is 0 Å². The molecule has 3 rings (SSSR count). The molecule has 3 nitrogen and oxygen atoms in total. The third-order valence-electron chi connectivity index (χ3n) is 4.90. The molecule has 0 spiro atoms. The van der Waals surface area contributed by atoms with Crippen LogP contribution in [0.3, 0.4) is 0 Å². The standard InChI is InChI=1S/C17H24N2O/c1-13-15(12-14-6-3-2-4-7-14)9-11-19(13)17(20)16-8-5-10-18-16/h2-4,6-7,13,15-16,18H,5,8-12H2,1H3/t13?,15?,16-/m0/s1. The summed E-state index contributed by atoms with van der Waals surface area (Å²) in [5.41, 5.74) is 1.39. The molecular formula is C17H24N2O. The third kappa shape index (κ3) is 2.73. The van der Waals surface area contributed by atoms with E-state index in [2.05, 4.69) is 47.5 Å². The Balaban J connectivity index is 1.61. The van der Waals surface area contributed by atoms with Crippen LogP contribution < -0.4 is 5.32 Å². The number of hydrogen-bond acceptors (Lipinski definition) is 2. The summed E-state index contributed by atoms with van der Waals surface area (Å²) >= 11 is 0. The van der Waals surface area contributed by atoms with Crippen molar-refractivity contribution in [2.24, 2.45) is 5.92 Å². The van der Waals surface area contributed by atoms with Crippen molar-refractivity contribution in [2.45, 2.75) is 44.7 Å². The van der Waals surface area contributed by atoms with E-state index < -0.39 is 0 Å². The lowest BCUT2D eigenvalue weighted by atomic mass is 9.93. The zero-order chi connectivity index (χ0) is 13.9. The average molecular weight is 272 g/mol. The Labute approximate surface area is 121 Å². The molecule has 1 aromatic rings. The van der Waals surface area contributed by atoms with Gasteiger partial charge in [0, 0.05) is 12.6 Å². The second-order valence-electron chi connectivity index (χ2n) is 6.16. The average Bonchev–Trinajstić information content (AvgIpc) is 3.11. The van der Waals surface area contributed by atoms with Gasteiger partial charge in [0.05, 0.1) is 6.04 Å². The van der Waals surface area contributed by atoms with Crippen molar-refractivity contribution >= 4 is 5.91 Å². The highest BCUT2D eigenvalue weighted by atomic mass is 16.2. The molecule has 0 radical (unpaired) electrons. The highest BCUT2D eigenvalue weighted by Gasteiger charge is 2.37. The first-order valence-corrected chi connectivity index (χ1v) is 7.83. The van der Waals surface area contributed by atoms with Crippen LogP contribution in [-0.2, 0) is 11.2 Å². The van der Waals surface area contributed by atoms with E-state index in [1.54, 1.807) is 0 Å². The number of hydrogen-bond donors (Lipinski definition) is 1. The number of likely N-dealkylation sites (tertiary alicyclic amines) is 1. The van der Waals surface area contributed by atoms with E-state index in [0.717, 1.165) is 38.8 Å². The quantitative estimate of drug-likeness (QED) is 0.915. The van der Waals surface area contributed by atoms with E-state index in [1.807, 2.05) is 0 Å². The molecule has 2 unspecified atom stereocenters. The van der Waals surface area contributed by atoms with Crippen molar-refractivity contribution in [1.29, 1.82) is 0 Å². The number of nitrogens with zero attached hydrogens (tertiary/aromatic N) is 1. The number of rotatable bonds is 3. The molecule has 2 heterocycles. The lowest BCUT2D eigenvalue weighted by Crippen LogP contribution is -2.46. The molecule has 20 heavy (non-hydrogen) atoms. The predicted octanol–water partition coefficient (Wildman–Crippen LogP) is 2.22. The van der Waals surface area contributed by atoms with Gasteiger partial charge in [-0.15, -0.1) is 0 Å². The lowest BCUT2D eigenvalue weighted by Gasteiger charge is -2.27. The van der Waals surface area contributed by atoms with Crippen molar-refractivity contribution < 1.29 is 4.79 Å². The summed E-state index contributed by atoms with van der Waals surface area (Å²) < 4.78 is 0. The first kappa shape index (κ1) is 13.6. The van der Waals surface area contributed by atoms with Crippen LogP contribution in [0.15, 0.2) is 30.3 Å². The maximum atomic E-state index is 12.5. The van der Waals surface area contributed by atoms with Crippen LogP contribution >= 0.6 is 0 Å². The maximum absolute atomic E-state index is 12.5. The number of carbonyl (C=O) groups is 1. The Kier molecular flexibility index (Phi) is 4.06. The summed E-state index contributed by atoms with van der Waals surface area (Å²) in [5, 5.41) is 3.33. The van der Waals surface area contributed by atoms with Gasteiger partial charge in [-0.3, -0.25) is 4.79 Å². The normalized spacial score (nSPS) is 29.9. The molecule has 0 aliphatic carbocycles. The fourth-order valence-electron chi connectivity index (χ4n) is 3.60. The van der Waals surface area contributed by atoms with Crippen LogP contribution in [0.25, 0.3) is 0 Å². The highest BCUT2D eigenvalue weighted by molar-refractivity contribution is 5.82. The number of nitrogens with one attached hydrogen (secondary N) is 1. The largest absolute Gasteiger partial charge is 0.338 e. The molecule has 0 saturated carbocycles. The molecule has 1 amide bonds. The molecule has 2 fully saturated rings. The molecule has 0 aromatic heterocycles. The molecule has 2 aliphatic heterocycles. The lowest BCUT2D eigenvalue weighted by molar-refractivity contribution is -0.133. The predicted molar refractivity (Wildman–Crippen MR) is 80.5 cm³/mol. The molecule has 108 valence electrons. The monoisotopic (exact) mass is 272 g/mol. The Bertz CT molecular complexity index is 453. The van der Waals surface area contributed by atoms with Gasteiger partial charge in [0.1, 0.15) is 0 Å². The van der Waals surface area contributed by atoms with Crippen LogP contribution in [0.1, 0.15) is 31.7 Å². The highest BCUT2D eigenvalue weighted by Crippen LogP contribution is 2.28. The summed E-state index contributed by atoms with van der Waals surface area (Å²) in [6.45, 7) is 4.13. The molecule has 2 saturated heterocycles. The van der Waals surface area contributed by atoms with Crippen LogP contribution in [0, 0.1) is 5.92 Å². The van der Waals surface area contributed by atoms with Crippen LogP contribution in [0.2, 0.25) is 0 Å². The van der Waals surface area contributed by atoms with E-state index in [0.29, 0.717) is 17.9 Å². The Hall–Kier alpha value is -1.35. The van der Waals surface area contributed by atoms with Gasteiger partial charge in [0.2, 0.25) is 5.91 Å². The van der Waals surface area contributed by atoms with Crippen LogP contribution in [0.5, 0.6) is 0 Å². The van der Waals surface area contributed by atoms with Gasteiger partial charge < -0.3 is 10.2 Å². The number of benzene rings is 1. The van der Waals surface area contributed by atoms with Gasteiger partial charge in [0.15, 0.2) is 0 Å². The second kappa shape index (κ2) is 5.96. The Morgan fingerprint density at radius 2 is 2.10 bits per heavy atom. The molecule has 3 atom stereocenters. The Morgan fingerprint density at radius 3 is 2.80 bits per heavy atom. The minimum atomic E-state index is 0.0768. The van der Waals surface area contributed by atoms with E-state index >= 15 is 0 Å². The topological polar surface area (TPSA) is 32.3 Å². The summed E-state index contributed by atoms with van der Waals surface area (Å²) in [5.74, 6) is 0.924. The van der Waals surface area contributed by atoms with Gasteiger partial charge >= 0.3 is 0 Å². The van der Waals surface area contributed by atoms with Crippen molar-refractivity contribution in [3.63, 3.8) is 0 Å². The van der Waals surface area contributed by atoms with Crippen molar-refractivity contribution in [1.82, 2.24) is 10.2 Å². The zero-order valence-corrected chi connectivity index (χ0v) is 12.2. The minimum Gasteiger partial charge on any atom is -0.338 e. The first-order valence-electron chi connectivity index (χ1n) is 7.83. The van der Waals surface area contributed by atoms with Gasteiger partial charge in [-0.25, -0.2) is 0 Å². The summed E-state index contributed by atoms with van der Waals surface area (Å²) in [6, 6.07) is 11.1. The smallest absolute Gasteiger partial charge is 0.239 e. The molecule has 3 heteroatoms. The van der Waals surface area contributed by atoms with E-state index in [9.17, 15) is 4.79 Å². The summed E-state index contributed by atoms with van der Waals surface area (Å²) in [6.07, 6.45) is 4.36. The summed E-state index contributed by atoms with van der Waals surface area (Å²) in [7, 11) is 0. The van der Waals surface area contributed by atoms with Gasteiger partial charge in [-0.1, -0.05) is 30.3 Å².